The molecule has 1 aromatic heterocycles. The number of benzene rings is 1. The van der Waals surface area contributed by atoms with E-state index in [1.807, 2.05) is 11.0 Å². The van der Waals surface area contributed by atoms with Crippen LogP contribution in [0.4, 0.5) is 5.69 Å². The van der Waals surface area contributed by atoms with Crippen LogP contribution >= 0.6 is 0 Å². The van der Waals surface area contributed by atoms with Gasteiger partial charge >= 0.3 is 0 Å². The van der Waals surface area contributed by atoms with Gasteiger partial charge in [-0.05, 0) is 49.9 Å². The van der Waals surface area contributed by atoms with Crippen LogP contribution in [0.15, 0.2) is 22.7 Å². The van der Waals surface area contributed by atoms with Gasteiger partial charge in [0.25, 0.3) is 0 Å². The maximum Gasteiger partial charge on any atom is 0.232 e. The second-order valence-electron chi connectivity index (χ2n) is 6.44. The van der Waals surface area contributed by atoms with Crippen LogP contribution < -0.4 is 4.90 Å². The molecule has 114 valence electrons. The molecule has 1 aliphatic heterocycles. The van der Waals surface area contributed by atoms with Crippen LogP contribution in [0.5, 0.6) is 0 Å². The molecule has 1 aliphatic carbocycles. The van der Waals surface area contributed by atoms with E-state index in [0.29, 0.717) is 24.8 Å². The highest BCUT2D eigenvalue weighted by Crippen LogP contribution is 2.39. The van der Waals surface area contributed by atoms with Gasteiger partial charge in [0.05, 0.1) is 5.92 Å². The molecule has 5 heteroatoms. The van der Waals surface area contributed by atoms with E-state index < -0.39 is 0 Å². The molecular weight excluding hydrogens is 278 g/mol. The first-order valence-electron chi connectivity index (χ1n) is 7.83. The summed E-state index contributed by atoms with van der Waals surface area (Å²) in [6, 6.07) is 6.13. The molecule has 1 amide bonds. The number of rotatable bonds is 3. The zero-order valence-corrected chi connectivity index (χ0v) is 12.9. The molecule has 0 bridgehead atoms. The van der Waals surface area contributed by atoms with Crippen molar-refractivity contribution in [3.8, 4) is 0 Å². The largest absolute Gasteiger partial charge is 0.339 e. The minimum absolute atomic E-state index is 0.00843. The standard InChI is InChI=1S/C17H19N3O2/c1-10-3-6-14(7-11(10)2)20-9-13(8-15(20)21)17-18-16(19-22-17)12-4-5-12/h3,6-7,12-13H,4-5,8-9H2,1-2H3/t13-/m1/s1. The topological polar surface area (TPSA) is 59.2 Å². The van der Waals surface area contributed by atoms with E-state index in [9.17, 15) is 4.79 Å². The van der Waals surface area contributed by atoms with Gasteiger partial charge in [-0.25, -0.2) is 0 Å². The molecule has 1 atom stereocenters. The number of aryl methyl sites for hydroxylation is 2. The number of amides is 1. The van der Waals surface area contributed by atoms with Crippen molar-refractivity contribution in [3.63, 3.8) is 0 Å². The molecule has 0 spiro atoms. The van der Waals surface area contributed by atoms with Gasteiger partial charge in [0, 0.05) is 24.6 Å². The molecule has 1 aromatic carbocycles. The van der Waals surface area contributed by atoms with Crippen molar-refractivity contribution in [3.05, 3.63) is 41.0 Å². The lowest BCUT2D eigenvalue weighted by Gasteiger charge is -2.17. The van der Waals surface area contributed by atoms with Crippen molar-refractivity contribution in [2.45, 2.75) is 44.9 Å². The number of hydrogen-bond donors (Lipinski definition) is 0. The van der Waals surface area contributed by atoms with Gasteiger partial charge in [-0.3, -0.25) is 4.79 Å². The Morgan fingerprint density at radius 2 is 2.00 bits per heavy atom. The van der Waals surface area contributed by atoms with Gasteiger partial charge in [-0.15, -0.1) is 0 Å². The molecule has 2 fully saturated rings. The summed E-state index contributed by atoms with van der Waals surface area (Å²) in [5.41, 5.74) is 3.39. The molecule has 2 aliphatic rings. The molecule has 1 saturated carbocycles. The van der Waals surface area contributed by atoms with Gasteiger partial charge in [-0.1, -0.05) is 11.2 Å². The summed E-state index contributed by atoms with van der Waals surface area (Å²) in [6.07, 6.45) is 2.74. The average molecular weight is 297 g/mol. The molecular formula is C17H19N3O2. The van der Waals surface area contributed by atoms with E-state index >= 15 is 0 Å². The summed E-state index contributed by atoms with van der Waals surface area (Å²) in [7, 11) is 0. The third kappa shape index (κ3) is 2.30. The Bertz CT molecular complexity index is 733. The Hall–Kier alpha value is -2.17. The summed E-state index contributed by atoms with van der Waals surface area (Å²) < 4.78 is 5.39. The van der Waals surface area contributed by atoms with E-state index in [4.69, 9.17) is 4.52 Å². The minimum Gasteiger partial charge on any atom is -0.339 e. The van der Waals surface area contributed by atoms with Gasteiger partial charge in [0.15, 0.2) is 5.82 Å². The van der Waals surface area contributed by atoms with E-state index in [0.717, 1.165) is 24.4 Å². The van der Waals surface area contributed by atoms with E-state index in [1.165, 1.54) is 11.1 Å². The number of carbonyl (C=O) groups excluding carboxylic acids is 1. The highest BCUT2D eigenvalue weighted by atomic mass is 16.5. The summed E-state index contributed by atoms with van der Waals surface area (Å²) in [5, 5.41) is 4.06. The fourth-order valence-corrected chi connectivity index (χ4v) is 2.94. The monoisotopic (exact) mass is 297 g/mol. The molecule has 5 nitrogen and oxygen atoms in total. The first-order chi connectivity index (χ1) is 10.6. The summed E-state index contributed by atoms with van der Waals surface area (Å²) in [4.78, 5) is 18.7. The Balaban J connectivity index is 1.55. The van der Waals surface area contributed by atoms with Crippen LogP contribution in [0.2, 0.25) is 0 Å². The zero-order valence-electron chi connectivity index (χ0n) is 12.9. The molecule has 2 aromatic rings. The molecule has 0 unspecified atom stereocenters. The number of anilines is 1. The fourth-order valence-electron chi connectivity index (χ4n) is 2.94. The van der Waals surface area contributed by atoms with Crippen LogP contribution in [0, 0.1) is 13.8 Å². The maximum absolute atomic E-state index is 12.3. The second-order valence-corrected chi connectivity index (χ2v) is 6.44. The minimum atomic E-state index is 0.00843. The van der Waals surface area contributed by atoms with Crippen LogP contribution in [-0.2, 0) is 4.79 Å². The molecule has 0 radical (unpaired) electrons. The summed E-state index contributed by atoms with van der Waals surface area (Å²) in [6.45, 7) is 4.76. The lowest BCUT2D eigenvalue weighted by molar-refractivity contribution is -0.117. The van der Waals surface area contributed by atoms with E-state index in [1.54, 1.807) is 0 Å². The maximum atomic E-state index is 12.3. The smallest absolute Gasteiger partial charge is 0.232 e. The highest BCUT2D eigenvalue weighted by molar-refractivity contribution is 5.96. The first kappa shape index (κ1) is 13.5. The quantitative estimate of drug-likeness (QED) is 0.873. The number of aromatic nitrogens is 2. The average Bonchev–Trinajstić information content (AvgIpc) is 3.10. The van der Waals surface area contributed by atoms with Crippen molar-refractivity contribution < 1.29 is 9.32 Å². The van der Waals surface area contributed by atoms with Crippen LogP contribution in [0.25, 0.3) is 0 Å². The normalized spacial score (nSPS) is 21.6. The summed E-state index contributed by atoms with van der Waals surface area (Å²) in [5.74, 6) is 2.03. The van der Waals surface area contributed by atoms with Crippen molar-refractivity contribution in [2.24, 2.45) is 0 Å². The molecule has 1 saturated heterocycles. The van der Waals surface area contributed by atoms with Crippen LogP contribution in [0.3, 0.4) is 0 Å². The summed E-state index contributed by atoms with van der Waals surface area (Å²) >= 11 is 0. The predicted molar refractivity (Wildman–Crippen MR) is 81.9 cm³/mol. The van der Waals surface area contributed by atoms with Crippen LogP contribution in [-0.4, -0.2) is 22.6 Å². The number of hydrogen-bond acceptors (Lipinski definition) is 4. The lowest BCUT2D eigenvalue weighted by atomic mass is 10.1. The fraction of sp³-hybridized carbons (Fsp3) is 0.471. The van der Waals surface area contributed by atoms with Gasteiger partial charge < -0.3 is 9.42 Å². The van der Waals surface area contributed by atoms with Gasteiger partial charge in [-0.2, -0.15) is 4.98 Å². The highest BCUT2D eigenvalue weighted by Gasteiger charge is 2.36. The SMILES string of the molecule is Cc1ccc(N2C[C@H](c3nc(C4CC4)no3)CC2=O)cc1C. The third-order valence-electron chi connectivity index (χ3n) is 4.68. The third-order valence-corrected chi connectivity index (χ3v) is 4.68. The Kier molecular flexibility index (Phi) is 3.03. The van der Waals surface area contributed by atoms with Crippen molar-refractivity contribution in [1.82, 2.24) is 10.1 Å². The first-order valence-corrected chi connectivity index (χ1v) is 7.83. The number of nitrogens with zero attached hydrogens (tertiary/aromatic N) is 3. The van der Waals surface area contributed by atoms with Crippen LogP contribution in [0.1, 0.15) is 53.9 Å². The molecule has 4 rings (SSSR count). The van der Waals surface area contributed by atoms with Crippen molar-refractivity contribution >= 4 is 11.6 Å². The second kappa shape index (κ2) is 4.93. The molecule has 22 heavy (non-hydrogen) atoms. The van der Waals surface area contributed by atoms with Gasteiger partial charge in [0.1, 0.15) is 0 Å². The van der Waals surface area contributed by atoms with Crippen molar-refractivity contribution in [1.29, 1.82) is 0 Å². The zero-order chi connectivity index (χ0) is 15.3. The molecule has 0 N–H and O–H groups in total. The molecule has 2 heterocycles. The Labute approximate surface area is 129 Å². The Morgan fingerprint density at radius 3 is 2.73 bits per heavy atom. The van der Waals surface area contributed by atoms with E-state index in [2.05, 4.69) is 36.1 Å². The number of carbonyl (C=O) groups is 1. The van der Waals surface area contributed by atoms with Crippen molar-refractivity contribution in [2.75, 3.05) is 11.4 Å². The Morgan fingerprint density at radius 1 is 1.18 bits per heavy atom. The lowest BCUT2D eigenvalue weighted by Crippen LogP contribution is -2.24. The van der Waals surface area contributed by atoms with Gasteiger partial charge in [0.2, 0.25) is 11.8 Å². The predicted octanol–water partition coefficient (Wildman–Crippen LogP) is 3.08. The van der Waals surface area contributed by atoms with E-state index in [-0.39, 0.29) is 11.8 Å².